The first-order chi connectivity index (χ1) is 29.3. The largest absolute Gasteiger partial charge is 0.472 e. The Balaban J connectivity index is 4.18. The molecule has 0 saturated carbocycles. The highest BCUT2D eigenvalue weighted by Crippen LogP contribution is 2.43. The van der Waals surface area contributed by atoms with Gasteiger partial charge in [-0.2, -0.15) is 0 Å². The number of hydrogen-bond acceptors (Lipinski definition) is 8. The van der Waals surface area contributed by atoms with Crippen LogP contribution in [-0.4, -0.2) is 49.3 Å². The summed E-state index contributed by atoms with van der Waals surface area (Å²) in [5.74, 6) is -0.920. The number of ether oxygens (including phenoxy) is 2. The molecule has 348 valence electrons. The van der Waals surface area contributed by atoms with Crippen molar-refractivity contribution >= 4 is 19.8 Å². The van der Waals surface area contributed by atoms with Crippen molar-refractivity contribution < 1.29 is 37.6 Å². The number of esters is 2. The van der Waals surface area contributed by atoms with Crippen molar-refractivity contribution in [2.24, 2.45) is 5.73 Å². The standard InChI is InChI=1S/C50H90NO8P/c1-3-5-7-9-11-13-15-17-19-21-23-25-27-29-31-33-35-37-39-41-43-50(53)59-48(47-58-60(54,55)57-45-44-51)46-56-49(52)42-40-38-36-34-32-30-28-26-24-22-20-18-16-14-12-10-8-6-4-2/h12,14,18,20,24,26,30,32,36,38,48H,3-11,13,15-17,19,21-23,25,27-29,31,33-35,37,39-47,51H2,1-2H3,(H,54,55)/b14-12+,20-18+,26-24+,32-30+,38-36+/t48-/m1/s1. The zero-order valence-electron chi connectivity index (χ0n) is 38.4. The average Bonchev–Trinajstić information content (AvgIpc) is 3.24. The molecule has 10 heteroatoms. The number of rotatable bonds is 45. The molecule has 0 amide bonds. The second-order valence-corrected chi connectivity index (χ2v) is 17.4. The van der Waals surface area contributed by atoms with Gasteiger partial charge in [-0.05, 0) is 51.4 Å². The van der Waals surface area contributed by atoms with Gasteiger partial charge in [0.25, 0.3) is 0 Å². The summed E-state index contributed by atoms with van der Waals surface area (Å²) in [7, 11) is -4.40. The van der Waals surface area contributed by atoms with Gasteiger partial charge in [-0.1, -0.05) is 209 Å². The van der Waals surface area contributed by atoms with E-state index in [1.54, 1.807) is 0 Å². The van der Waals surface area contributed by atoms with Crippen LogP contribution in [0.5, 0.6) is 0 Å². The Kier molecular flexibility index (Phi) is 44.5. The van der Waals surface area contributed by atoms with E-state index < -0.39 is 32.5 Å². The highest BCUT2D eigenvalue weighted by atomic mass is 31.2. The van der Waals surface area contributed by atoms with Gasteiger partial charge in [0.05, 0.1) is 13.2 Å². The van der Waals surface area contributed by atoms with Crippen LogP contribution in [-0.2, 0) is 32.7 Å². The van der Waals surface area contributed by atoms with Crippen LogP contribution in [0, 0.1) is 0 Å². The maximum absolute atomic E-state index is 12.6. The van der Waals surface area contributed by atoms with E-state index >= 15 is 0 Å². The van der Waals surface area contributed by atoms with E-state index in [9.17, 15) is 19.0 Å². The first kappa shape index (κ1) is 57.7. The van der Waals surface area contributed by atoms with E-state index in [1.807, 2.05) is 12.2 Å². The number of unbranched alkanes of at least 4 members (excludes halogenated alkanes) is 22. The van der Waals surface area contributed by atoms with Crippen molar-refractivity contribution in [3.05, 3.63) is 60.8 Å². The third-order valence-corrected chi connectivity index (χ3v) is 11.2. The summed E-state index contributed by atoms with van der Waals surface area (Å²) in [6.45, 7) is 3.64. The van der Waals surface area contributed by atoms with Crippen molar-refractivity contribution in [3.63, 3.8) is 0 Å². The third-order valence-electron chi connectivity index (χ3n) is 10.2. The third kappa shape index (κ3) is 45.2. The minimum atomic E-state index is -4.40. The number of phosphoric ester groups is 1. The van der Waals surface area contributed by atoms with E-state index in [2.05, 4.69) is 62.5 Å². The topological polar surface area (TPSA) is 134 Å². The molecule has 0 aromatic heterocycles. The molecule has 0 radical (unpaired) electrons. The van der Waals surface area contributed by atoms with E-state index in [0.29, 0.717) is 12.8 Å². The van der Waals surface area contributed by atoms with Gasteiger partial charge in [-0.25, -0.2) is 4.57 Å². The predicted molar refractivity (Wildman–Crippen MR) is 252 cm³/mol. The minimum Gasteiger partial charge on any atom is -0.462 e. The maximum Gasteiger partial charge on any atom is 0.472 e. The molecule has 0 rings (SSSR count). The van der Waals surface area contributed by atoms with E-state index in [4.69, 9.17) is 24.3 Å². The SMILES string of the molecule is CCCCC/C=C/C/C=C/C/C=C/C/C=C/C/C=C/CCC(=O)OC[C@H](COP(=O)(O)OCCN)OC(=O)CCCCCCCCCCCCCCCCCCCCCC. The summed E-state index contributed by atoms with van der Waals surface area (Å²) in [5.41, 5.74) is 5.36. The molecule has 2 atom stereocenters. The zero-order valence-corrected chi connectivity index (χ0v) is 39.3. The highest BCUT2D eigenvalue weighted by Gasteiger charge is 2.26. The Labute approximate surface area is 368 Å². The van der Waals surface area contributed by atoms with E-state index in [0.717, 1.165) is 44.9 Å². The molecule has 3 N–H and O–H groups in total. The Hall–Kier alpha value is -2.29. The molecule has 60 heavy (non-hydrogen) atoms. The molecule has 0 aliphatic carbocycles. The molecule has 1 unspecified atom stereocenters. The highest BCUT2D eigenvalue weighted by molar-refractivity contribution is 7.47. The summed E-state index contributed by atoms with van der Waals surface area (Å²) in [6.07, 6.45) is 55.6. The number of carbonyl (C=O) groups is 2. The summed E-state index contributed by atoms with van der Waals surface area (Å²) in [4.78, 5) is 34.9. The second-order valence-electron chi connectivity index (χ2n) is 16.0. The van der Waals surface area contributed by atoms with Crippen molar-refractivity contribution in [1.29, 1.82) is 0 Å². The lowest BCUT2D eigenvalue weighted by Gasteiger charge is -2.19. The second kappa shape index (κ2) is 46.2. The summed E-state index contributed by atoms with van der Waals surface area (Å²) < 4.78 is 32.8. The Morgan fingerprint density at radius 2 is 0.900 bits per heavy atom. The molecule has 0 aliphatic heterocycles. The fraction of sp³-hybridized carbons (Fsp3) is 0.760. The molecule has 0 aliphatic rings. The first-order valence-electron chi connectivity index (χ1n) is 24.3. The first-order valence-corrected chi connectivity index (χ1v) is 25.8. The Bertz CT molecular complexity index is 1170. The van der Waals surface area contributed by atoms with Gasteiger partial charge < -0.3 is 20.1 Å². The Morgan fingerprint density at radius 3 is 1.35 bits per heavy atom. The minimum absolute atomic E-state index is 0.0431. The van der Waals surface area contributed by atoms with Crippen LogP contribution < -0.4 is 5.73 Å². The molecule has 0 bridgehead atoms. The molecule has 0 spiro atoms. The average molecular weight is 864 g/mol. The van der Waals surface area contributed by atoms with Gasteiger partial charge in [-0.3, -0.25) is 18.6 Å². The quantitative estimate of drug-likeness (QED) is 0.0265. The number of allylic oxidation sites excluding steroid dienone is 10. The summed E-state index contributed by atoms with van der Waals surface area (Å²) in [5, 5.41) is 0. The fourth-order valence-corrected chi connectivity index (χ4v) is 7.32. The van der Waals surface area contributed by atoms with Gasteiger partial charge in [-0.15, -0.1) is 0 Å². The zero-order chi connectivity index (χ0) is 43.9. The maximum atomic E-state index is 12.6. The van der Waals surface area contributed by atoms with Gasteiger partial charge >= 0.3 is 19.8 Å². The van der Waals surface area contributed by atoms with Gasteiger partial charge in [0, 0.05) is 19.4 Å². The van der Waals surface area contributed by atoms with Crippen molar-refractivity contribution in [3.8, 4) is 0 Å². The molecule has 0 saturated heterocycles. The van der Waals surface area contributed by atoms with E-state index in [1.165, 1.54) is 128 Å². The van der Waals surface area contributed by atoms with E-state index in [-0.39, 0.29) is 32.6 Å². The smallest absolute Gasteiger partial charge is 0.462 e. The van der Waals surface area contributed by atoms with Gasteiger partial charge in [0.2, 0.25) is 0 Å². The number of carbonyl (C=O) groups excluding carboxylic acids is 2. The molecule has 0 aromatic rings. The van der Waals surface area contributed by atoms with Crippen LogP contribution in [0.2, 0.25) is 0 Å². The van der Waals surface area contributed by atoms with Gasteiger partial charge in [0.15, 0.2) is 6.10 Å². The molecular weight excluding hydrogens is 774 g/mol. The molecule has 0 fully saturated rings. The monoisotopic (exact) mass is 864 g/mol. The fourth-order valence-electron chi connectivity index (χ4n) is 6.56. The summed E-state index contributed by atoms with van der Waals surface area (Å²) >= 11 is 0. The summed E-state index contributed by atoms with van der Waals surface area (Å²) in [6, 6.07) is 0. The van der Waals surface area contributed by atoms with Crippen LogP contribution >= 0.6 is 7.82 Å². The molecule has 0 heterocycles. The van der Waals surface area contributed by atoms with Crippen LogP contribution in [0.25, 0.3) is 0 Å². The number of hydrogen-bond donors (Lipinski definition) is 2. The lowest BCUT2D eigenvalue weighted by molar-refractivity contribution is -0.161. The van der Waals surface area contributed by atoms with Crippen LogP contribution in [0.4, 0.5) is 0 Å². The number of nitrogens with two attached hydrogens (primary N) is 1. The van der Waals surface area contributed by atoms with Crippen molar-refractivity contribution in [2.75, 3.05) is 26.4 Å². The van der Waals surface area contributed by atoms with Gasteiger partial charge in [0.1, 0.15) is 6.61 Å². The molecule has 0 aromatic carbocycles. The van der Waals surface area contributed by atoms with Crippen molar-refractivity contribution in [2.45, 2.75) is 219 Å². The number of phosphoric acid groups is 1. The lowest BCUT2D eigenvalue weighted by Crippen LogP contribution is -2.29. The Morgan fingerprint density at radius 1 is 0.500 bits per heavy atom. The predicted octanol–water partition coefficient (Wildman–Crippen LogP) is 14.4. The van der Waals surface area contributed by atoms with Crippen LogP contribution in [0.3, 0.4) is 0 Å². The normalized spacial score (nSPS) is 13.7. The molecule has 9 nitrogen and oxygen atoms in total. The molecular formula is C50H90NO8P. The lowest BCUT2D eigenvalue weighted by atomic mass is 10.0. The van der Waals surface area contributed by atoms with Crippen LogP contribution in [0.1, 0.15) is 213 Å². The van der Waals surface area contributed by atoms with Crippen LogP contribution in [0.15, 0.2) is 60.8 Å². The van der Waals surface area contributed by atoms with Crippen molar-refractivity contribution in [1.82, 2.24) is 0 Å².